The molecule has 3 rings (SSSR count). The number of rotatable bonds is 5. The summed E-state index contributed by atoms with van der Waals surface area (Å²) in [6, 6.07) is 8.68. The summed E-state index contributed by atoms with van der Waals surface area (Å²) in [5.74, 6) is 1.01. The fourth-order valence-corrected chi connectivity index (χ4v) is 3.13. The van der Waals surface area contributed by atoms with Crippen LogP contribution in [-0.2, 0) is 4.74 Å². The zero-order valence-electron chi connectivity index (χ0n) is 12.5. The fraction of sp³-hybridized carbons (Fsp3) is 0.529. The maximum Gasteiger partial charge on any atom is 0.134 e. The van der Waals surface area contributed by atoms with Gasteiger partial charge in [-0.3, -0.25) is 0 Å². The van der Waals surface area contributed by atoms with E-state index >= 15 is 0 Å². The summed E-state index contributed by atoms with van der Waals surface area (Å²) in [7, 11) is 3.82. The standard InChI is InChI=1S/C17H23NO2/c1-12-5-6-15-13(9-12)10-16(20-15)14(18-2)11-17(19-3)7-4-8-17/h5-6,9-10,14,18H,4,7-8,11H2,1-3H3. The van der Waals surface area contributed by atoms with Crippen LogP contribution in [0.1, 0.15) is 43.0 Å². The van der Waals surface area contributed by atoms with Gasteiger partial charge >= 0.3 is 0 Å². The van der Waals surface area contributed by atoms with Gasteiger partial charge in [0.1, 0.15) is 11.3 Å². The molecule has 0 aliphatic heterocycles. The van der Waals surface area contributed by atoms with Gasteiger partial charge in [-0.25, -0.2) is 0 Å². The molecule has 0 bridgehead atoms. The van der Waals surface area contributed by atoms with Gasteiger partial charge in [-0.05, 0) is 57.9 Å². The smallest absolute Gasteiger partial charge is 0.134 e. The molecule has 1 heterocycles. The lowest BCUT2D eigenvalue weighted by molar-refractivity contribution is -0.0844. The molecule has 1 saturated carbocycles. The molecule has 1 aliphatic carbocycles. The highest BCUT2D eigenvalue weighted by molar-refractivity contribution is 5.78. The van der Waals surface area contributed by atoms with Crippen LogP contribution in [0.5, 0.6) is 0 Å². The van der Waals surface area contributed by atoms with Crippen molar-refractivity contribution in [3.63, 3.8) is 0 Å². The molecule has 1 N–H and O–H groups in total. The second kappa shape index (κ2) is 5.23. The summed E-state index contributed by atoms with van der Waals surface area (Å²) < 4.78 is 11.8. The minimum absolute atomic E-state index is 0.0442. The zero-order chi connectivity index (χ0) is 14.2. The molecule has 0 amide bonds. The van der Waals surface area contributed by atoms with Crippen molar-refractivity contribution in [2.75, 3.05) is 14.2 Å². The quantitative estimate of drug-likeness (QED) is 0.895. The highest BCUT2D eigenvalue weighted by Gasteiger charge is 2.39. The van der Waals surface area contributed by atoms with E-state index in [0.29, 0.717) is 0 Å². The molecule has 1 aromatic heterocycles. The van der Waals surface area contributed by atoms with Gasteiger partial charge in [-0.1, -0.05) is 11.6 Å². The van der Waals surface area contributed by atoms with Gasteiger partial charge in [0, 0.05) is 12.5 Å². The average molecular weight is 273 g/mol. The van der Waals surface area contributed by atoms with Crippen molar-refractivity contribution in [3.8, 4) is 0 Å². The Hall–Kier alpha value is -1.32. The first-order chi connectivity index (χ1) is 9.65. The van der Waals surface area contributed by atoms with Gasteiger partial charge in [0.2, 0.25) is 0 Å². The summed E-state index contributed by atoms with van der Waals surface area (Å²) in [6.07, 6.45) is 4.55. The van der Waals surface area contributed by atoms with E-state index < -0.39 is 0 Å². The lowest BCUT2D eigenvalue weighted by Crippen LogP contribution is -2.42. The van der Waals surface area contributed by atoms with E-state index in [1.165, 1.54) is 17.4 Å². The number of fused-ring (bicyclic) bond motifs is 1. The third-order valence-corrected chi connectivity index (χ3v) is 4.66. The number of hydrogen-bond acceptors (Lipinski definition) is 3. The van der Waals surface area contributed by atoms with Crippen molar-refractivity contribution in [1.29, 1.82) is 0 Å². The Morgan fingerprint density at radius 1 is 1.35 bits per heavy atom. The third kappa shape index (κ3) is 2.36. The number of aryl methyl sites for hydroxylation is 1. The molecule has 0 saturated heterocycles. The van der Waals surface area contributed by atoms with E-state index in [0.717, 1.165) is 30.6 Å². The van der Waals surface area contributed by atoms with E-state index in [9.17, 15) is 0 Å². The molecular formula is C17H23NO2. The topological polar surface area (TPSA) is 34.4 Å². The van der Waals surface area contributed by atoms with Crippen LogP contribution in [0.4, 0.5) is 0 Å². The van der Waals surface area contributed by atoms with Crippen molar-refractivity contribution >= 4 is 11.0 Å². The minimum Gasteiger partial charge on any atom is -0.459 e. The number of hydrogen-bond donors (Lipinski definition) is 1. The Morgan fingerprint density at radius 3 is 2.75 bits per heavy atom. The van der Waals surface area contributed by atoms with Crippen molar-refractivity contribution in [2.24, 2.45) is 0 Å². The molecule has 108 valence electrons. The van der Waals surface area contributed by atoms with E-state index in [1.807, 2.05) is 14.2 Å². The minimum atomic E-state index is 0.0442. The molecular weight excluding hydrogens is 250 g/mol. The van der Waals surface area contributed by atoms with E-state index in [1.54, 1.807) is 0 Å². The number of benzene rings is 1. The predicted octanol–water partition coefficient (Wildman–Crippen LogP) is 3.96. The molecule has 3 heteroatoms. The third-order valence-electron chi connectivity index (χ3n) is 4.66. The molecule has 1 aromatic carbocycles. The lowest BCUT2D eigenvalue weighted by atomic mass is 9.75. The molecule has 2 aromatic rings. The fourth-order valence-electron chi connectivity index (χ4n) is 3.13. The Labute approximate surface area is 120 Å². The predicted molar refractivity (Wildman–Crippen MR) is 81.0 cm³/mol. The monoisotopic (exact) mass is 273 g/mol. The first-order valence-electron chi connectivity index (χ1n) is 7.38. The molecule has 1 fully saturated rings. The highest BCUT2D eigenvalue weighted by Crippen LogP contribution is 2.42. The van der Waals surface area contributed by atoms with Crippen molar-refractivity contribution in [1.82, 2.24) is 5.32 Å². The Morgan fingerprint density at radius 2 is 2.15 bits per heavy atom. The summed E-state index contributed by atoms with van der Waals surface area (Å²) >= 11 is 0. The normalized spacial score (nSPS) is 18.9. The van der Waals surface area contributed by atoms with E-state index in [4.69, 9.17) is 9.15 Å². The van der Waals surface area contributed by atoms with Crippen LogP contribution >= 0.6 is 0 Å². The second-order valence-electron chi connectivity index (χ2n) is 5.98. The van der Waals surface area contributed by atoms with Crippen LogP contribution in [0.2, 0.25) is 0 Å². The summed E-state index contributed by atoms with van der Waals surface area (Å²) in [5, 5.41) is 4.56. The van der Waals surface area contributed by atoms with Gasteiger partial charge < -0.3 is 14.5 Å². The van der Waals surface area contributed by atoms with Gasteiger partial charge in [0.05, 0.1) is 11.6 Å². The van der Waals surface area contributed by atoms with Crippen LogP contribution in [0.3, 0.4) is 0 Å². The molecule has 3 nitrogen and oxygen atoms in total. The van der Waals surface area contributed by atoms with Crippen molar-refractivity contribution in [3.05, 3.63) is 35.6 Å². The first kappa shape index (κ1) is 13.7. The number of methoxy groups -OCH3 is 1. The van der Waals surface area contributed by atoms with Gasteiger partial charge in [0.25, 0.3) is 0 Å². The number of nitrogens with one attached hydrogen (secondary N) is 1. The molecule has 20 heavy (non-hydrogen) atoms. The molecule has 1 aliphatic rings. The molecule has 0 radical (unpaired) electrons. The number of ether oxygens (including phenoxy) is 1. The van der Waals surface area contributed by atoms with Crippen LogP contribution in [0.15, 0.2) is 28.7 Å². The van der Waals surface area contributed by atoms with Crippen molar-refractivity contribution < 1.29 is 9.15 Å². The largest absolute Gasteiger partial charge is 0.459 e. The Kier molecular flexibility index (Phi) is 3.57. The van der Waals surface area contributed by atoms with Gasteiger partial charge in [-0.2, -0.15) is 0 Å². The van der Waals surface area contributed by atoms with Gasteiger partial charge in [0.15, 0.2) is 0 Å². The average Bonchev–Trinajstić information content (AvgIpc) is 2.81. The van der Waals surface area contributed by atoms with Crippen molar-refractivity contribution in [2.45, 2.75) is 44.2 Å². The molecule has 1 unspecified atom stereocenters. The first-order valence-corrected chi connectivity index (χ1v) is 7.38. The molecule has 0 spiro atoms. The van der Waals surface area contributed by atoms with Gasteiger partial charge in [-0.15, -0.1) is 0 Å². The van der Waals surface area contributed by atoms with Crippen LogP contribution in [0.25, 0.3) is 11.0 Å². The zero-order valence-corrected chi connectivity index (χ0v) is 12.5. The number of furan rings is 1. The summed E-state index contributed by atoms with van der Waals surface area (Å²) in [6.45, 7) is 2.11. The van der Waals surface area contributed by atoms with Crippen LogP contribution in [-0.4, -0.2) is 19.8 Å². The summed E-state index contributed by atoms with van der Waals surface area (Å²) in [5.41, 5.74) is 2.27. The Balaban J connectivity index is 1.87. The summed E-state index contributed by atoms with van der Waals surface area (Å²) in [4.78, 5) is 0. The maximum absolute atomic E-state index is 6.02. The maximum atomic E-state index is 6.02. The molecule has 1 atom stereocenters. The van der Waals surface area contributed by atoms with Crippen LogP contribution < -0.4 is 5.32 Å². The Bertz CT molecular complexity index is 593. The van der Waals surface area contributed by atoms with Crippen LogP contribution in [0, 0.1) is 6.92 Å². The van der Waals surface area contributed by atoms with E-state index in [2.05, 4.69) is 36.5 Å². The van der Waals surface area contributed by atoms with E-state index in [-0.39, 0.29) is 11.6 Å². The SMILES string of the molecule is CNC(CC1(OC)CCC1)c1cc2cc(C)ccc2o1. The lowest BCUT2D eigenvalue weighted by Gasteiger charge is -2.42. The highest BCUT2D eigenvalue weighted by atomic mass is 16.5. The second-order valence-corrected chi connectivity index (χ2v) is 5.98.